The molecule has 2 amide bonds. The molecule has 0 radical (unpaired) electrons. The number of hydrogen-bond acceptors (Lipinski definition) is 7. The van der Waals surface area contributed by atoms with Gasteiger partial charge in [-0.15, -0.1) is 0 Å². The number of carbonyl (C=O) groups is 1. The lowest BCUT2D eigenvalue weighted by molar-refractivity contribution is 0.189. The predicted molar refractivity (Wildman–Crippen MR) is 126 cm³/mol. The topological polar surface area (TPSA) is 112 Å². The Morgan fingerprint density at radius 1 is 1.32 bits per heavy atom. The molecule has 0 aliphatic carbocycles. The van der Waals surface area contributed by atoms with Crippen LogP contribution in [0.5, 0.6) is 0 Å². The highest BCUT2D eigenvalue weighted by atomic mass is 32.1. The Balaban J connectivity index is 2.16. The predicted octanol–water partition coefficient (Wildman–Crippen LogP) is 4.57. The summed E-state index contributed by atoms with van der Waals surface area (Å²) < 4.78 is 0.885. The van der Waals surface area contributed by atoms with Crippen LogP contribution in [-0.4, -0.2) is 38.8 Å². The fourth-order valence-corrected chi connectivity index (χ4v) is 3.86. The van der Waals surface area contributed by atoms with Crippen molar-refractivity contribution in [3.63, 3.8) is 0 Å². The molecule has 3 N–H and O–H groups in total. The summed E-state index contributed by atoms with van der Waals surface area (Å²) >= 11 is 1.37. The van der Waals surface area contributed by atoms with Crippen molar-refractivity contribution < 1.29 is 9.90 Å². The van der Waals surface area contributed by atoms with E-state index >= 15 is 0 Å². The summed E-state index contributed by atoms with van der Waals surface area (Å²) in [5.41, 5.74) is 3.91. The van der Waals surface area contributed by atoms with Gasteiger partial charge in [-0.05, 0) is 44.5 Å². The molecule has 0 unspecified atom stereocenters. The summed E-state index contributed by atoms with van der Waals surface area (Å²) in [6.45, 7) is 9.62. The van der Waals surface area contributed by atoms with Crippen molar-refractivity contribution in [1.82, 2.24) is 20.3 Å². The fraction of sp³-hybridized carbons (Fsp3) is 0.227. The number of fused-ring (bicyclic) bond motifs is 1. The first-order valence-corrected chi connectivity index (χ1v) is 10.6. The number of aromatic nitrogens is 3. The van der Waals surface area contributed by atoms with Gasteiger partial charge in [0, 0.05) is 36.3 Å². The van der Waals surface area contributed by atoms with Crippen LogP contribution in [0.3, 0.4) is 0 Å². The molecule has 160 valence electrons. The van der Waals surface area contributed by atoms with E-state index in [1.165, 1.54) is 11.3 Å². The molecule has 0 saturated carbocycles. The number of nitrogens with one attached hydrogen (secondary N) is 2. The number of nitrogens with zero attached hydrogens (tertiary/aromatic N) is 4. The molecular formula is C22H24N6O2S. The highest BCUT2D eigenvalue weighted by Crippen LogP contribution is 2.37. The Morgan fingerprint density at radius 2 is 2.06 bits per heavy atom. The molecular weight excluding hydrogens is 412 g/mol. The Morgan fingerprint density at radius 3 is 2.68 bits per heavy atom. The zero-order chi connectivity index (χ0) is 22.4. The van der Waals surface area contributed by atoms with Gasteiger partial charge in [-0.25, -0.2) is 19.7 Å². The largest absolute Gasteiger partial charge is 0.385 e. The lowest BCUT2D eigenvalue weighted by Crippen LogP contribution is -2.28. The Bertz CT molecular complexity index is 1150. The van der Waals surface area contributed by atoms with Crippen LogP contribution in [0.2, 0.25) is 0 Å². The molecule has 3 aromatic rings. The average molecular weight is 437 g/mol. The second kappa shape index (κ2) is 10.1. The highest BCUT2D eigenvalue weighted by Gasteiger charge is 2.16. The van der Waals surface area contributed by atoms with Gasteiger partial charge in [-0.1, -0.05) is 24.0 Å². The normalized spacial score (nSPS) is 12.8. The third-order valence-electron chi connectivity index (χ3n) is 4.25. The second-order valence-corrected chi connectivity index (χ2v) is 7.56. The van der Waals surface area contributed by atoms with Crippen LogP contribution in [0, 0.1) is 0 Å². The maximum atomic E-state index is 11.9. The van der Waals surface area contributed by atoms with E-state index in [0.717, 1.165) is 27.1 Å². The Kier molecular flexibility index (Phi) is 7.22. The number of aliphatic imine (C=N–C) groups is 1. The molecule has 31 heavy (non-hydrogen) atoms. The standard InChI is InChI=1S/C22H24N6O2S/c1-5-8-17(23-6-2)16-9-14(15-11-25-20(13(4)29)26-12-15)10-18-19(16)31-22(27-18)28-21(30)24-7-3/h5-6,8-13,29H,1,7H2,2-4H3,(H2,24,27,28,30)/b17-8-,23-6-/t13-/m1/s1. The number of amides is 2. The van der Waals surface area contributed by atoms with Crippen molar-refractivity contribution in [3.8, 4) is 11.1 Å². The van der Waals surface area contributed by atoms with Crippen LogP contribution in [-0.2, 0) is 0 Å². The summed E-state index contributed by atoms with van der Waals surface area (Å²) in [5, 5.41) is 15.6. The van der Waals surface area contributed by atoms with E-state index in [1.807, 2.05) is 32.1 Å². The van der Waals surface area contributed by atoms with Gasteiger partial charge in [0.2, 0.25) is 0 Å². The summed E-state index contributed by atoms with van der Waals surface area (Å²) in [4.78, 5) is 29.5. The Hall–Kier alpha value is -3.43. The number of allylic oxidation sites excluding steroid dienone is 2. The van der Waals surface area contributed by atoms with Crippen LogP contribution in [0.4, 0.5) is 9.93 Å². The smallest absolute Gasteiger partial charge is 0.321 e. The minimum atomic E-state index is -0.741. The van der Waals surface area contributed by atoms with Gasteiger partial charge in [0.1, 0.15) is 6.10 Å². The van der Waals surface area contributed by atoms with Gasteiger partial charge in [0.25, 0.3) is 0 Å². The highest BCUT2D eigenvalue weighted by molar-refractivity contribution is 7.22. The van der Waals surface area contributed by atoms with Crippen molar-refractivity contribution in [1.29, 1.82) is 0 Å². The molecule has 2 aromatic heterocycles. The van der Waals surface area contributed by atoms with Crippen LogP contribution < -0.4 is 10.6 Å². The van der Waals surface area contributed by atoms with Gasteiger partial charge < -0.3 is 10.4 Å². The number of hydrogen-bond donors (Lipinski definition) is 3. The third-order valence-corrected chi connectivity index (χ3v) is 5.27. The Labute approximate surface area is 184 Å². The quantitative estimate of drug-likeness (QED) is 0.371. The summed E-state index contributed by atoms with van der Waals surface area (Å²) in [7, 11) is 0. The van der Waals surface area contributed by atoms with E-state index in [1.54, 1.807) is 31.6 Å². The number of rotatable bonds is 7. The molecule has 1 atom stereocenters. The number of anilines is 1. The van der Waals surface area contributed by atoms with E-state index in [0.29, 0.717) is 23.0 Å². The molecule has 3 rings (SSSR count). The van der Waals surface area contributed by atoms with Gasteiger partial charge in [0.05, 0.1) is 15.9 Å². The molecule has 0 aliphatic heterocycles. The minimum Gasteiger partial charge on any atom is -0.385 e. The first kappa shape index (κ1) is 22.3. The van der Waals surface area contributed by atoms with E-state index < -0.39 is 6.10 Å². The summed E-state index contributed by atoms with van der Waals surface area (Å²) in [5.74, 6) is 0.356. The van der Waals surface area contributed by atoms with Crippen LogP contribution >= 0.6 is 11.3 Å². The first-order chi connectivity index (χ1) is 15.0. The number of aliphatic hydroxyl groups is 1. The molecule has 0 spiro atoms. The van der Waals surface area contributed by atoms with Crippen molar-refractivity contribution in [2.75, 3.05) is 11.9 Å². The van der Waals surface area contributed by atoms with Gasteiger partial charge in [0.15, 0.2) is 11.0 Å². The van der Waals surface area contributed by atoms with E-state index in [2.05, 4.69) is 37.2 Å². The number of thiazole rings is 1. The second-order valence-electron chi connectivity index (χ2n) is 6.56. The van der Waals surface area contributed by atoms with Crippen molar-refractivity contribution in [2.24, 2.45) is 4.99 Å². The fourth-order valence-electron chi connectivity index (χ4n) is 2.90. The van der Waals surface area contributed by atoms with E-state index in [-0.39, 0.29) is 6.03 Å². The minimum absolute atomic E-state index is 0.307. The zero-order valence-electron chi connectivity index (χ0n) is 17.6. The molecule has 0 bridgehead atoms. The maximum Gasteiger partial charge on any atom is 0.321 e. The average Bonchev–Trinajstić information content (AvgIpc) is 3.15. The van der Waals surface area contributed by atoms with E-state index in [9.17, 15) is 9.90 Å². The molecule has 0 saturated heterocycles. The van der Waals surface area contributed by atoms with Crippen molar-refractivity contribution in [2.45, 2.75) is 26.9 Å². The van der Waals surface area contributed by atoms with Crippen LogP contribution in [0.1, 0.15) is 38.3 Å². The lowest BCUT2D eigenvalue weighted by atomic mass is 10.0. The van der Waals surface area contributed by atoms with Gasteiger partial charge >= 0.3 is 6.03 Å². The third kappa shape index (κ3) is 5.19. The zero-order valence-corrected chi connectivity index (χ0v) is 18.4. The molecule has 9 heteroatoms. The monoisotopic (exact) mass is 436 g/mol. The SMILES string of the molecule is C=C/C=C(\N=C/C)c1cc(-c2cnc([C@@H](C)O)nc2)cc2nc(NC(=O)NCC)sc12. The van der Waals surface area contributed by atoms with Crippen molar-refractivity contribution >= 4 is 44.6 Å². The molecule has 8 nitrogen and oxygen atoms in total. The number of carbonyl (C=O) groups excluding carboxylic acids is 1. The number of urea groups is 1. The lowest BCUT2D eigenvalue weighted by Gasteiger charge is -2.08. The number of benzene rings is 1. The summed E-state index contributed by atoms with van der Waals surface area (Å²) in [6.07, 6.45) is 7.80. The van der Waals surface area contributed by atoms with E-state index in [4.69, 9.17) is 0 Å². The maximum absolute atomic E-state index is 11.9. The van der Waals surface area contributed by atoms with Gasteiger partial charge in [-0.3, -0.25) is 10.3 Å². The van der Waals surface area contributed by atoms with Crippen LogP contribution in [0.15, 0.2) is 48.2 Å². The molecule has 2 heterocycles. The number of aliphatic hydroxyl groups excluding tert-OH is 1. The van der Waals surface area contributed by atoms with Gasteiger partial charge in [-0.2, -0.15) is 0 Å². The molecule has 0 fully saturated rings. The first-order valence-electron chi connectivity index (χ1n) is 9.78. The molecule has 1 aromatic carbocycles. The molecule has 0 aliphatic rings. The van der Waals surface area contributed by atoms with Crippen LogP contribution in [0.25, 0.3) is 27.0 Å². The van der Waals surface area contributed by atoms with Crippen molar-refractivity contribution in [3.05, 3.63) is 54.6 Å². The summed E-state index contributed by atoms with van der Waals surface area (Å²) in [6, 6.07) is 3.60.